The summed E-state index contributed by atoms with van der Waals surface area (Å²) < 4.78 is 0. The summed E-state index contributed by atoms with van der Waals surface area (Å²) >= 11 is 7.40. The number of nitrogen functional groups attached to an aromatic ring is 1. The lowest BCUT2D eigenvalue weighted by Crippen LogP contribution is -1.91. The van der Waals surface area contributed by atoms with Crippen molar-refractivity contribution in [3.8, 4) is 10.4 Å². The fourth-order valence-corrected chi connectivity index (χ4v) is 2.12. The topological polar surface area (TPSA) is 51.8 Å². The van der Waals surface area contributed by atoms with Crippen LogP contribution in [0.1, 0.15) is 5.01 Å². The first-order chi connectivity index (χ1) is 6.68. The Balaban J connectivity index is 2.57. The quantitative estimate of drug-likeness (QED) is 0.760. The number of hydrogen-bond donors (Lipinski definition) is 1. The van der Waals surface area contributed by atoms with Crippen LogP contribution in [0.25, 0.3) is 10.4 Å². The molecule has 0 radical (unpaired) electrons. The molecule has 0 amide bonds. The number of halogens is 1. The van der Waals surface area contributed by atoms with E-state index in [2.05, 4.69) is 9.97 Å². The predicted octanol–water partition coefficient (Wildman–Crippen LogP) is 2.75. The fraction of sp³-hybridized carbons (Fsp3) is 0.111. The molecule has 2 rings (SSSR count). The zero-order valence-corrected chi connectivity index (χ0v) is 9.06. The van der Waals surface area contributed by atoms with Crippen LogP contribution in [0.5, 0.6) is 0 Å². The van der Waals surface area contributed by atoms with E-state index in [4.69, 9.17) is 17.3 Å². The molecule has 5 heteroatoms. The van der Waals surface area contributed by atoms with E-state index < -0.39 is 0 Å². The molecule has 0 bridgehead atoms. The molecule has 2 N–H and O–H groups in total. The number of aryl methyl sites for hydroxylation is 1. The third-order valence-electron chi connectivity index (χ3n) is 1.83. The third-order valence-corrected chi connectivity index (χ3v) is 3.08. The highest BCUT2D eigenvalue weighted by atomic mass is 35.5. The summed E-state index contributed by atoms with van der Waals surface area (Å²) in [5.41, 5.74) is 7.22. The molecule has 0 saturated carbocycles. The number of aromatic nitrogens is 2. The highest BCUT2D eigenvalue weighted by Crippen LogP contribution is 2.33. The van der Waals surface area contributed by atoms with Gasteiger partial charge in [-0.2, -0.15) is 0 Å². The molecule has 0 atom stereocenters. The minimum atomic E-state index is 0.341. The number of hydrogen-bond acceptors (Lipinski definition) is 4. The highest BCUT2D eigenvalue weighted by molar-refractivity contribution is 7.15. The van der Waals surface area contributed by atoms with Gasteiger partial charge in [0.15, 0.2) is 5.15 Å². The molecule has 0 aliphatic heterocycles. The van der Waals surface area contributed by atoms with Crippen LogP contribution >= 0.6 is 22.9 Å². The van der Waals surface area contributed by atoms with Gasteiger partial charge in [-0.05, 0) is 13.0 Å². The molecule has 2 heterocycles. The van der Waals surface area contributed by atoms with Crippen molar-refractivity contribution in [1.82, 2.24) is 9.97 Å². The first-order valence-corrected chi connectivity index (χ1v) is 5.20. The van der Waals surface area contributed by atoms with Crippen LogP contribution in [0.4, 0.5) is 5.69 Å². The normalized spacial score (nSPS) is 10.4. The second-order valence-electron chi connectivity index (χ2n) is 2.81. The van der Waals surface area contributed by atoms with Gasteiger partial charge in [-0.3, -0.25) is 0 Å². The summed E-state index contributed by atoms with van der Waals surface area (Å²) in [6.45, 7) is 1.95. The van der Waals surface area contributed by atoms with Gasteiger partial charge in [-0.25, -0.2) is 9.97 Å². The predicted molar refractivity (Wildman–Crippen MR) is 59.5 cm³/mol. The van der Waals surface area contributed by atoms with Gasteiger partial charge in [0, 0.05) is 18.0 Å². The van der Waals surface area contributed by atoms with Gasteiger partial charge in [-0.15, -0.1) is 11.3 Å². The summed E-state index contributed by atoms with van der Waals surface area (Å²) in [5, 5.41) is 1.35. The highest BCUT2D eigenvalue weighted by Gasteiger charge is 2.08. The van der Waals surface area contributed by atoms with Crippen LogP contribution in [-0.2, 0) is 0 Å². The summed E-state index contributed by atoms with van der Waals surface area (Å²) in [4.78, 5) is 9.08. The number of nitrogens with zero attached hydrogens (tertiary/aromatic N) is 2. The van der Waals surface area contributed by atoms with Gasteiger partial charge in [0.1, 0.15) is 0 Å². The maximum atomic E-state index is 5.82. The van der Waals surface area contributed by atoms with Gasteiger partial charge in [0.05, 0.1) is 15.6 Å². The lowest BCUT2D eigenvalue weighted by atomic mass is 10.2. The number of anilines is 1. The van der Waals surface area contributed by atoms with Gasteiger partial charge in [0.25, 0.3) is 0 Å². The molecule has 72 valence electrons. The SMILES string of the molecule is Cc1ncc(-c2ccnc(Cl)c2N)s1. The van der Waals surface area contributed by atoms with Crippen molar-refractivity contribution in [1.29, 1.82) is 0 Å². The van der Waals surface area contributed by atoms with Crippen LogP contribution in [0, 0.1) is 6.92 Å². The molecular weight excluding hydrogens is 218 g/mol. The summed E-state index contributed by atoms with van der Waals surface area (Å²) in [5.74, 6) is 0. The maximum Gasteiger partial charge on any atom is 0.152 e. The van der Waals surface area contributed by atoms with Crippen LogP contribution < -0.4 is 5.73 Å². The Morgan fingerprint density at radius 3 is 2.86 bits per heavy atom. The molecule has 2 aromatic heterocycles. The van der Waals surface area contributed by atoms with E-state index >= 15 is 0 Å². The molecule has 0 aromatic carbocycles. The second kappa shape index (κ2) is 3.55. The van der Waals surface area contributed by atoms with Crippen molar-refractivity contribution in [3.05, 3.63) is 28.6 Å². The van der Waals surface area contributed by atoms with E-state index in [1.54, 1.807) is 23.7 Å². The lowest BCUT2D eigenvalue weighted by Gasteiger charge is -2.02. The fourth-order valence-electron chi connectivity index (χ4n) is 1.15. The molecule has 0 saturated heterocycles. The molecule has 0 aliphatic rings. The molecular formula is C9H8ClN3S. The number of rotatable bonds is 1. The Hall–Kier alpha value is -1.13. The Morgan fingerprint density at radius 2 is 2.21 bits per heavy atom. The molecule has 0 unspecified atom stereocenters. The molecule has 0 spiro atoms. The van der Waals surface area contributed by atoms with E-state index in [0.29, 0.717) is 10.8 Å². The minimum absolute atomic E-state index is 0.341. The Bertz CT molecular complexity index is 467. The average Bonchev–Trinajstić information content (AvgIpc) is 2.57. The van der Waals surface area contributed by atoms with Crippen LogP contribution in [0.3, 0.4) is 0 Å². The first-order valence-electron chi connectivity index (χ1n) is 4.01. The van der Waals surface area contributed by atoms with E-state index in [9.17, 15) is 0 Å². The number of thiazole rings is 1. The zero-order valence-electron chi connectivity index (χ0n) is 7.49. The lowest BCUT2D eigenvalue weighted by molar-refractivity contribution is 1.29. The largest absolute Gasteiger partial charge is 0.396 e. The van der Waals surface area contributed by atoms with Crippen LogP contribution in [0.2, 0.25) is 5.15 Å². The Kier molecular flexibility index (Phi) is 2.39. The summed E-state index contributed by atoms with van der Waals surface area (Å²) in [6.07, 6.45) is 3.44. The molecule has 2 aromatic rings. The number of pyridine rings is 1. The summed E-state index contributed by atoms with van der Waals surface area (Å²) in [7, 11) is 0. The van der Waals surface area contributed by atoms with Crippen LogP contribution in [-0.4, -0.2) is 9.97 Å². The van der Waals surface area contributed by atoms with E-state index in [0.717, 1.165) is 15.4 Å². The Labute approximate surface area is 90.6 Å². The molecule has 14 heavy (non-hydrogen) atoms. The third kappa shape index (κ3) is 1.58. The molecule has 3 nitrogen and oxygen atoms in total. The van der Waals surface area contributed by atoms with Crippen molar-refractivity contribution < 1.29 is 0 Å². The van der Waals surface area contributed by atoms with E-state index in [1.807, 2.05) is 13.0 Å². The molecule has 0 fully saturated rings. The van der Waals surface area contributed by atoms with Crippen molar-refractivity contribution >= 4 is 28.6 Å². The molecule has 0 aliphatic carbocycles. The summed E-state index contributed by atoms with van der Waals surface area (Å²) in [6, 6.07) is 1.84. The smallest absolute Gasteiger partial charge is 0.152 e. The van der Waals surface area contributed by atoms with Crippen LogP contribution in [0.15, 0.2) is 18.5 Å². The van der Waals surface area contributed by atoms with E-state index in [1.165, 1.54) is 0 Å². The standard InChI is InChI=1S/C9H8ClN3S/c1-5-13-4-7(14-5)6-2-3-12-9(10)8(6)11/h2-4H,11H2,1H3. The van der Waals surface area contributed by atoms with Crippen molar-refractivity contribution in [3.63, 3.8) is 0 Å². The van der Waals surface area contributed by atoms with Crippen molar-refractivity contribution in [2.45, 2.75) is 6.92 Å². The van der Waals surface area contributed by atoms with Crippen molar-refractivity contribution in [2.75, 3.05) is 5.73 Å². The Morgan fingerprint density at radius 1 is 1.43 bits per heavy atom. The van der Waals surface area contributed by atoms with Gasteiger partial charge in [-0.1, -0.05) is 11.6 Å². The minimum Gasteiger partial charge on any atom is -0.396 e. The van der Waals surface area contributed by atoms with E-state index in [-0.39, 0.29) is 0 Å². The average molecular weight is 226 g/mol. The first kappa shape index (κ1) is 9.43. The zero-order chi connectivity index (χ0) is 10.1. The van der Waals surface area contributed by atoms with Gasteiger partial charge >= 0.3 is 0 Å². The maximum absolute atomic E-state index is 5.82. The van der Waals surface area contributed by atoms with Gasteiger partial charge in [0.2, 0.25) is 0 Å². The van der Waals surface area contributed by atoms with Crippen molar-refractivity contribution in [2.24, 2.45) is 0 Å². The monoisotopic (exact) mass is 225 g/mol. The van der Waals surface area contributed by atoms with Gasteiger partial charge < -0.3 is 5.73 Å². The number of nitrogens with two attached hydrogens (primary N) is 1. The second-order valence-corrected chi connectivity index (χ2v) is 4.40.